The SMILES string of the molecule is Cc1nn(C(C)C)c(C)c1NC(C)CC1CC1. The molecule has 1 aliphatic carbocycles. The Morgan fingerprint density at radius 2 is 1.94 bits per heavy atom. The van der Waals surface area contributed by atoms with Gasteiger partial charge in [-0.15, -0.1) is 0 Å². The second-order valence-corrected chi connectivity index (χ2v) is 5.81. The van der Waals surface area contributed by atoms with Crippen molar-refractivity contribution in [1.82, 2.24) is 9.78 Å². The maximum atomic E-state index is 4.61. The van der Waals surface area contributed by atoms with Gasteiger partial charge in [-0.25, -0.2) is 0 Å². The third-order valence-corrected chi connectivity index (χ3v) is 3.59. The summed E-state index contributed by atoms with van der Waals surface area (Å²) in [6, 6.07) is 0.993. The molecule has 0 aliphatic heterocycles. The normalized spacial score (nSPS) is 17.5. The minimum absolute atomic E-state index is 0.433. The van der Waals surface area contributed by atoms with E-state index in [0.29, 0.717) is 12.1 Å². The zero-order chi connectivity index (χ0) is 12.6. The highest BCUT2D eigenvalue weighted by atomic mass is 15.3. The van der Waals surface area contributed by atoms with Gasteiger partial charge in [0.2, 0.25) is 0 Å². The molecule has 1 unspecified atom stereocenters. The standard InChI is InChI=1S/C14H25N3/c1-9(2)17-12(5)14(11(4)16-17)15-10(3)8-13-6-7-13/h9-10,13,15H,6-8H2,1-5H3. The van der Waals surface area contributed by atoms with Crippen LogP contribution in [0, 0.1) is 19.8 Å². The van der Waals surface area contributed by atoms with Crippen LogP contribution in [-0.4, -0.2) is 15.8 Å². The third-order valence-electron chi connectivity index (χ3n) is 3.59. The van der Waals surface area contributed by atoms with E-state index in [2.05, 4.69) is 49.7 Å². The first-order valence-corrected chi connectivity index (χ1v) is 6.81. The number of anilines is 1. The lowest BCUT2D eigenvalue weighted by Gasteiger charge is -2.15. The monoisotopic (exact) mass is 235 g/mol. The largest absolute Gasteiger partial charge is 0.380 e. The van der Waals surface area contributed by atoms with E-state index in [9.17, 15) is 0 Å². The quantitative estimate of drug-likeness (QED) is 0.843. The summed E-state index contributed by atoms with van der Waals surface area (Å²) >= 11 is 0. The molecule has 0 spiro atoms. The second kappa shape index (κ2) is 4.71. The molecule has 3 nitrogen and oxygen atoms in total. The summed E-state index contributed by atoms with van der Waals surface area (Å²) in [6.45, 7) is 10.9. The lowest BCUT2D eigenvalue weighted by molar-refractivity contribution is 0.516. The van der Waals surface area contributed by atoms with Crippen molar-refractivity contribution in [3.63, 3.8) is 0 Å². The average Bonchev–Trinajstić information content (AvgIpc) is 3.00. The lowest BCUT2D eigenvalue weighted by atomic mass is 10.1. The van der Waals surface area contributed by atoms with Gasteiger partial charge < -0.3 is 5.32 Å². The van der Waals surface area contributed by atoms with E-state index in [1.54, 1.807) is 0 Å². The smallest absolute Gasteiger partial charge is 0.0828 e. The highest BCUT2D eigenvalue weighted by Crippen LogP contribution is 2.34. The fraction of sp³-hybridized carbons (Fsp3) is 0.786. The Morgan fingerprint density at radius 3 is 2.41 bits per heavy atom. The van der Waals surface area contributed by atoms with Gasteiger partial charge in [0.25, 0.3) is 0 Å². The van der Waals surface area contributed by atoms with E-state index in [1.807, 2.05) is 0 Å². The first kappa shape index (κ1) is 12.5. The molecule has 0 radical (unpaired) electrons. The summed E-state index contributed by atoms with van der Waals surface area (Å²) in [5.41, 5.74) is 3.63. The van der Waals surface area contributed by atoms with Crippen LogP contribution in [-0.2, 0) is 0 Å². The topological polar surface area (TPSA) is 29.9 Å². The van der Waals surface area contributed by atoms with E-state index in [4.69, 9.17) is 0 Å². The molecule has 0 bridgehead atoms. The zero-order valence-electron chi connectivity index (χ0n) is 11.7. The molecular weight excluding hydrogens is 210 g/mol. The van der Waals surface area contributed by atoms with Crippen molar-refractivity contribution in [2.24, 2.45) is 5.92 Å². The van der Waals surface area contributed by atoms with Crippen molar-refractivity contribution >= 4 is 5.69 Å². The van der Waals surface area contributed by atoms with Gasteiger partial charge in [-0.2, -0.15) is 5.10 Å². The number of aromatic nitrogens is 2. The molecule has 0 amide bonds. The molecule has 17 heavy (non-hydrogen) atoms. The molecule has 0 aromatic carbocycles. The van der Waals surface area contributed by atoms with Crippen molar-refractivity contribution in [2.45, 2.75) is 66.0 Å². The molecule has 3 heteroatoms. The Hall–Kier alpha value is -0.990. The van der Waals surface area contributed by atoms with Crippen LogP contribution in [0.15, 0.2) is 0 Å². The molecule has 2 rings (SSSR count). The fourth-order valence-electron chi connectivity index (χ4n) is 2.53. The number of hydrogen-bond donors (Lipinski definition) is 1. The predicted octanol–water partition coefficient (Wildman–Crippen LogP) is 3.68. The number of hydrogen-bond acceptors (Lipinski definition) is 2. The maximum Gasteiger partial charge on any atom is 0.0828 e. The van der Waals surface area contributed by atoms with Gasteiger partial charge in [0, 0.05) is 12.1 Å². The Bertz CT molecular complexity index is 388. The van der Waals surface area contributed by atoms with Crippen LogP contribution in [0.4, 0.5) is 5.69 Å². The molecule has 1 atom stereocenters. The molecule has 1 aromatic heterocycles. The van der Waals surface area contributed by atoms with E-state index in [-0.39, 0.29) is 0 Å². The van der Waals surface area contributed by atoms with Crippen LogP contribution in [0.5, 0.6) is 0 Å². The number of nitrogens with one attached hydrogen (secondary N) is 1. The molecule has 1 N–H and O–H groups in total. The van der Waals surface area contributed by atoms with Crippen LogP contribution in [0.25, 0.3) is 0 Å². The summed E-state index contributed by atoms with van der Waals surface area (Å²) < 4.78 is 2.11. The predicted molar refractivity (Wildman–Crippen MR) is 72.5 cm³/mol. The van der Waals surface area contributed by atoms with Crippen molar-refractivity contribution in [3.8, 4) is 0 Å². The minimum Gasteiger partial charge on any atom is -0.380 e. The zero-order valence-corrected chi connectivity index (χ0v) is 11.7. The van der Waals surface area contributed by atoms with Gasteiger partial charge >= 0.3 is 0 Å². The van der Waals surface area contributed by atoms with Gasteiger partial charge in [0.1, 0.15) is 0 Å². The molecule has 1 fully saturated rings. The average molecular weight is 235 g/mol. The van der Waals surface area contributed by atoms with Gasteiger partial charge in [-0.1, -0.05) is 12.8 Å². The van der Waals surface area contributed by atoms with E-state index in [0.717, 1.165) is 11.6 Å². The van der Waals surface area contributed by atoms with Crippen LogP contribution < -0.4 is 5.32 Å². The van der Waals surface area contributed by atoms with Crippen LogP contribution in [0.3, 0.4) is 0 Å². The van der Waals surface area contributed by atoms with E-state index >= 15 is 0 Å². The van der Waals surface area contributed by atoms with Crippen molar-refractivity contribution < 1.29 is 0 Å². The minimum atomic E-state index is 0.433. The molecule has 0 saturated heterocycles. The fourth-order valence-corrected chi connectivity index (χ4v) is 2.53. The highest BCUT2D eigenvalue weighted by Gasteiger charge is 2.24. The maximum absolute atomic E-state index is 4.61. The van der Waals surface area contributed by atoms with Crippen molar-refractivity contribution in [3.05, 3.63) is 11.4 Å². The summed E-state index contributed by atoms with van der Waals surface area (Å²) in [7, 11) is 0. The Balaban J connectivity index is 2.08. The molecule has 1 aliphatic rings. The molecule has 1 saturated carbocycles. The van der Waals surface area contributed by atoms with Gasteiger partial charge in [0.05, 0.1) is 17.1 Å². The number of nitrogens with zero attached hydrogens (tertiary/aromatic N) is 2. The summed E-state index contributed by atoms with van der Waals surface area (Å²) in [5, 5.41) is 8.25. The molecule has 96 valence electrons. The lowest BCUT2D eigenvalue weighted by Crippen LogP contribution is -2.17. The van der Waals surface area contributed by atoms with Crippen LogP contribution in [0.1, 0.15) is 57.5 Å². The summed E-state index contributed by atoms with van der Waals surface area (Å²) in [5.74, 6) is 0.971. The van der Waals surface area contributed by atoms with Gasteiger partial charge in [-0.3, -0.25) is 4.68 Å². The van der Waals surface area contributed by atoms with Crippen molar-refractivity contribution in [2.75, 3.05) is 5.32 Å². The molecular formula is C14H25N3. The number of rotatable bonds is 5. The number of aryl methyl sites for hydroxylation is 1. The summed E-state index contributed by atoms with van der Waals surface area (Å²) in [4.78, 5) is 0. The van der Waals surface area contributed by atoms with E-state index < -0.39 is 0 Å². The van der Waals surface area contributed by atoms with Gasteiger partial charge in [-0.05, 0) is 47.0 Å². The second-order valence-electron chi connectivity index (χ2n) is 5.81. The van der Waals surface area contributed by atoms with E-state index in [1.165, 1.54) is 30.6 Å². The van der Waals surface area contributed by atoms with Crippen LogP contribution >= 0.6 is 0 Å². The first-order chi connectivity index (χ1) is 7.99. The summed E-state index contributed by atoms with van der Waals surface area (Å²) in [6.07, 6.45) is 4.15. The Labute approximate surface area is 105 Å². The molecule has 1 heterocycles. The van der Waals surface area contributed by atoms with Gasteiger partial charge in [0.15, 0.2) is 0 Å². The highest BCUT2D eigenvalue weighted by molar-refractivity contribution is 5.52. The van der Waals surface area contributed by atoms with Crippen LogP contribution in [0.2, 0.25) is 0 Å². The first-order valence-electron chi connectivity index (χ1n) is 6.81. The Morgan fingerprint density at radius 1 is 1.29 bits per heavy atom. The molecule has 1 aromatic rings. The Kier molecular flexibility index (Phi) is 3.45. The third kappa shape index (κ3) is 2.82. The van der Waals surface area contributed by atoms with Crippen molar-refractivity contribution in [1.29, 1.82) is 0 Å².